The van der Waals surface area contributed by atoms with Crippen molar-refractivity contribution in [2.45, 2.75) is 64.1 Å². The molecule has 1 aliphatic rings. The van der Waals surface area contributed by atoms with Gasteiger partial charge in [0.15, 0.2) is 0 Å². The van der Waals surface area contributed by atoms with E-state index in [9.17, 15) is 0 Å². The average molecular weight is 258 g/mol. The Morgan fingerprint density at radius 1 is 1.29 bits per heavy atom. The van der Waals surface area contributed by atoms with Crippen LogP contribution in [-0.2, 0) is 0 Å². The van der Waals surface area contributed by atoms with Gasteiger partial charge in [-0.3, -0.25) is 0 Å². The van der Waals surface area contributed by atoms with Crippen LogP contribution in [0.4, 0.5) is 0 Å². The van der Waals surface area contributed by atoms with Crippen LogP contribution in [-0.4, -0.2) is 48.6 Å². The van der Waals surface area contributed by atoms with Gasteiger partial charge in [0.2, 0.25) is 0 Å². The Kier molecular flexibility index (Phi) is 7.56. The van der Waals surface area contributed by atoms with Crippen molar-refractivity contribution in [3.63, 3.8) is 0 Å². The summed E-state index contributed by atoms with van der Waals surface area (Å²) in [4.78, 5) is 2.56. The molecule has 102 valence electrons. The highest BCUT2D eigenvalue weighted by Gasteiger charge is 2.20. The summed E-state index contributed by atoms with van der Waals surface area (Å²) in [6, 6.07) is 2.16. The van der Waals surface area contributed by atoms with Gasteiger partial charge in [0.05, 0.1) is 0 Å². The van der Waals surface area contributed by atoms with Gasteiger partial charge in [-0.05, 0) is 65.1 Å². The molecular formula is C14H30N2S. The fourth-order valence-electron chi connectivity index (χ4n) is 2.63. The third-order valence-electron chi connectivity index (χ3n) is 4.17. The molecule has 3 unspecified atom stereocenters. The summed E-state index contributed by atoms with van der Waals surface area (Å²) in [6.45, 7) is 5.97. The highest BCUT2D eigenvalue weighted by atomic mass is 32.2. The molecule has 3 atom stereocenters. The van der Waals surface area contributed by atoms with Crippen LogP contribution in [0.15, 0.2) is 0 Å². The summed E-state index contributed by atoms with van der Waals surface area (Å²) in [5.74, 6) is 1.28. The minimum absolute atomic E-state index is 0.697. The molecule has 0 bridgehead atoms. The SMILES string of the molecule is CSCCC(C)N(C)C(C)CC1CCCCN1. The third-order valence-corrected chi connectivity index (χ3v) is 4.81. The van der Waals surface area contributed by atoms with E-state index in [1.165, 1.54) is 44.4 Å². The predicted octanol–water partition coefficient (Wildman–Crippen LogP) is 2.98. The van der Waals surface area contributed by atoms with E-state index in [0.29, 0.717) is 12.1 Å². The van der Waals surface area contributed by atoms with Gasteiger partial charge in [-0.25, -0.2) is 0 Å². The summed E-state index contributed by atoms with van der Waals surface area (Å²) < 4.78 is 0. The van der Waals surface area contributed by atoms with Gasteiger partial charge in [0.25, 0.3) is 0 Å². The summed E-state index contributed by atoms with van der Waals surface area (Å²) in [5, 5.41) is 3.66. The van der Waals surface area contributed by atoms with E-state index < -0.39 is 0 Å². The molecule has 0 aliphatic carbocycles. The molecule has 1 fully saturated rings. The number of nitrogens with one attached hydrogen (secondary N) is 1. The molecular weight excluding hydrogens is 228 g/mol. The Morgan fingerprint density at radius 2 is 2.06 bits per heavy atom. The number of rotatable bonds is 7. The van der Waals surface area contributed by atoms with Crippen molar-refractivity contribution in [3.8, 4) is 0 Å². The molecule has 1 N–H and O–H groups in total. The van der Waals surface area contributed by atoms with Crippen LogP contribution in [0.2, 0.25) is 0 Å². The Morgan fingerprint density at radius 3 is 2.65 bits per heavy atom. The minimum atomic E-state index is 0.697. The number of hydrogen-bond acceptors (Lipinski definition) is 3. The van der Waals surface area contributed by atoms with Crippen molar-refractivity contribution in [2.24, 2.45) is 0 Å². The summed E-state index contributed by atoms with van der Waals surface area (Å²) in [7, 11) is 2.29. The van der Waals surface area contributed by atoms with Crippen LogP contribution in [0.1, 0.15) is 46.0 Å². The van der Waals surface area contributed by atoms with E-state index in [1.807, 2.05) is 11.8 Å². The second-order valence-electron chi connectivity index (χ2n) is 5.53. The van der Waals surface area contributed by atoms with Crippen LogP contribution in [0.3, 0.4) is 0 Å². The van der Waals surface area contributed by atoms with E-state index in [1.54, 1.807) is 0 Å². The first-order valence-corrected chi connectivity index (χ1v) is 8.48. The maximum absolute atomic E-state index is 3.66. The summed E-state index contributed by atoms with van der Waals surface area (Å²) >= 11 is 1.96. The van der Waals surface area contributed by atoms with E-state index in [-0.39, 0.29) is 0 Å². The molecule has 1 rings (SSSR count). The van der Waals surface area contributed by atoms with Crippen LogP contribution >= 0.6 is 11.8 Å². The number of piperidine rings is 1. The second kappa shape index (κ2) is 8.39. The van der Waals surface area contributed by atoms with Crippen LogP contribution in [0, 0.1) is 0 Å². The Hall–Kier alpha value is 0.270. The first-order chi connectivity index (χ1) is 8.15. The van der Waals surface area contributed by atoms with Gasteiger partial charge in [-0.15, -0.1) is 0 Å². The van der Waals surface area contributed by atoms with Crippen molar-refractivity contribution >= 4 is 11.8 Å². The summed E-state index contributed by atoms with van der Waals surface area (Å²) in [5.41, 5.74) is 0. The quantitative estimate of drug-likeness (QED) is 0.756. The molecule has 0 spiro atoms. The maximum Gasteiger partial charge on any atom is 0.00818 e. The first-order valence-electron chi connectivity index (χ1n) is 7.09. The zero-order valence-electron chi connectivity index (χ0n) is 12.0. The molecule has 0 aromatic carbocycles. The fourth-order valence-corrected chi connectivity index (χ4v) is 3.21. The van der Waals surface area contributed by atoms with Crippen molar-refractivity contribution in [3.05, 3.63) is 0 Å². The molecule has 1 aliphatic heterocycles. The zero-order chi connectivity index (χ0) is 12.7. The van der Waals surface area contributed by atoms with Crippen LogP contribution in [0.25, 0.3) is 0 Å². The molecule has 0 amide bonds. The lowest BCUT2D eigenvalue weighted by atomic mass is 9.97. The molecule has 1 heterocycles. The molecule has 0 aromatic rings. The highest BCUT2D eigenvalue weighted by Crippen LogP contribution is 2.17. The van der Waals surface area contributed by atoms with Crippen molar-refractivity contribution in [1.82, 2.24) is 10.2 Å². The van der Waals surface area contributed by atoms with Gasteiger partial charge in [0, 0.05) is 18.1 Å². The number of nitrogens with zero attached hydrogens (tertiary/aromatic N) is 1. The smallest absolute Gasteiger partial charge is 0.00818 e. The molecule has 0 saturated carbocycles. The van der Waals surface area contributed by atoms with Gasteiger partial charge >= 0.3 is 0 Å². The van der Waals surface area contributed by atoms with Gasteiger partial charge in [-0.2, -0.15) is 11.8 Å². The summed E-state index contributed by atoms with van der Waals surface area (Å²) in [6.07, 6.45) is 8.96. The second-order valence-corrected chi connectivity index (χ2v) is 6.51. The molecule has 0 aromatic heterocycles. The monoisotopic (exact) mass is 258 g/mol. The van der Waals surface area contributed by atoms with Crippen LogP contribution < -0.4 is 5.32 Å². The Labute approximate surface area is 112 Å². The Bertz CT molecular complexity index is 193. The van der Waals surface area contributed by atoms with Gasteiger partial charge in [0.1, 0.15) is 0 Å². The largest absolute Gasteiger partial charge is 0.314 e. The molecule has 3 heteroatoms. The third kappa shape index (κ3) is 5.62. The van der Waals surface area contributed by atoms with Crippen molar-refractivity contribution in [2.75, 3.05) is 25.6 Å². The van der Waals surface area contributed by atoms with E-state index in [2.05, 4.69) is 37.4 Å². The minimum Gasteiger partial charge on any atom is -0.314 e. The average Bonchev–Trinajstić information content (AvgIpc) is 2.36. The lowest BCUT2D eigenvalue weighted by Gasteiger charge is -2.34. The molecule has 2 nitrogen and oxygen atoms in total. The normalized spacial score (nSPS) is 24.9. The lowest BCUT2D eigenvalue weighted by molar-refractivity contribution is 0.166. The maximum atomic E-state index is 3.66. The standard InChI is InChI=1S/C14H30N2S/c1-12(8-10-17-4)16(3)13(2)11-14-7-5-6-9-15-14/h12-15H,5-11H2,1-4H3. The van der Waals surface area contributed by atoms with Crippen LogP contribution in [0.5, 0.6) is 0 Å². The topological polar surface area (TPSA) is 15.3 Å². The zero-order valence-corrected chi connectivity index (χ0v) is 12.9. The Balaban J connectivity index is 2.26. The first kappa shape index (κ1) is 15.3. The number of hydrogen-bond donors (Lipinski definition) is 1. The van der Waals surface area contributed by atoms with Gasteiger partial charge in [-0.1, -0.05) is 6.42 Å². The van der Waals surface area contributed by atoms with E-state index in [4.69, 9.17) is 0 Å². The van der Waals surface area contributed by atoms with E-state index in [0.717, 1.165) is 6.04 Å². The lowest BCUT2D eigenvalue weighted by Crippen LogP contribution is -2.43. The number of thioether (sulfide) groups is 1. The van der Waals surface area contributed by atoms with Gasteiger partial charge < -0.3 is 10.2 Å². The molecule has 1 saturated heterocycles. The molecule has 17 heavy (non-hydrogen) atoms. The predicted molar refractivity (Wildman–Crippen MR) is 79.9 cm³/mol. The van der Waals surface area contributed by atoms with E-state index >= 15 is 0 Å². The fraction of sp³-hybridized carbons (Fsp3) is 1.00. The van der Waals surface area contributed by atoms with Crippen molar-refractivity contribution < 1.29 is 0 Å². The van der Waals surface area contributed by atoms with Crippen molar-refractivity contribution in [1.29, 1.82) is 0 Å². The highest BCUT2D eigenvalue weighted by molar-refractivity contribution is 7.98. The molecule has 0 radical (unpaired) electrons.